The second-order valence-corrected chi connectivity index (χ2v) is 4.18. The monoisotopic (exact) mass is 300 g/mol. The van der Waals surface area contributed by atoms with Crippen LogP contribution in [0.2, 0.25) is 0 Å². The van der Waals surface area contributed by atoms with E-state index in [1.165, 1.54) is 0 Å². The fraction of sp³-hybridized carbons (Fsp3) is 0.0769. The molecule has 0 aromatic heterocycles. The van der Waals surface area contributed by atoms with Crippen LogP contribution in [0.15, 0.2) is 30.3 Å². The highest BCUT2D eigenvalue weighted by atomic mass is 19.2. The van der Waals surface area contributed by atoms with Crippen LogP contribution in [-0.4, -0.2) is 4.92 Å². The Morgan fingerprint density at radius 1 is 1.00 bits per heavy atom. The Labute approximate surface area is 116 Å². The summed E-state index contributed by atoms with van der Waals surface area (Å²) in [4.78, 5) is 9.80. The highest BCUT2D eigenvalue weighted by Crippen LogP contribution is 2.21. The van der Waals surface area contributed by atoms with Crippen molar-refractivity contribution in [3.63, 3.8) is 0 Å². The van der Waals surface area contributed by atoms with E-state index < -0.39 is 33.9 Å². The maximum atomic E-state index is 13.2. The molecule has 0 amide bonds. The molecule has 1 N–H and O–H groups in total. The number of nitrogens with one attached hydrogen (secondary N) is 1. The summed E-state index contributed by atoms with van der Waals surface area (Å²) in [5, 5.41) is 13.1. The van der Waals surface area contributed by atoms with E-state index in [-0.39, 0.29) is 17.8 Å². The first kappa shape index (κ1) is 14.8. The maximum Gasteiger partial charge on any atom is 0.274 e. The van der Waals surface area contributed by atoms with Crippen LogP contribution in [0, 0.1) is 33.4 Å². The predicted molar refractivity (Wildman–Crippen MR) is 66.7 cm³/mol. The van der Waals surface area contributed by atoms with Crippen molar-refractivity contribution in [3.05, 3.63) is 69.3 Å². The Balaban J connectivity index is 2.18. The minimum atomic E-state index is -1.58. The van der Waals surface area contributed by atoms with Crippen molar-refractivity contribution in [2.75, 3.05) is 5.32 Å². The average Bonchev–Trinajstić information content (AvgIpc) is 2.41. The molecule has 0 fully saturated rings. The Morgan fingerprint density at radius 2 is 1.62 bits per heavy atom. The number of rotatable bonds is 4. The van der Waals surface area contributed by atoms with Crippen molar-refractivity contribution in [2.24, 2.45) is 0 Å². The van der Waals surface area contributed by atoms with Gasteiger partial charge in [0.15, 0.2) is 17.5 Å². The van der Waals surface area contributed by atoms with E-state index in [4.69, 9.17) is 0 Å². The second kappa shape index (κ2) is 5.78. The van der Waals surface area contributed by atoms with Crippen molar-refractivity contribution in [1.82, 2.24) is 0 Å². The summed E-state index contributed by atoms with van der Waals surface area (Å²) in [6.45, 7) is -0.158. The lowest BCUT2D eigenvalue weighted by Gasteiger charge is -2.07. The molecule has 0 saturated heterocycles. The Bertz CT molecular complexity index is 684. The van der Waals surface area contributed by atoms with E-state index in [0.29, 0.717) is 0 Å². The first-order chi connectivity index (χ1) is 9.86. The van der Waals surface area contributed by atoms with Crippen LogP contribution in [0.25, 0.3) is 0 Å². The zero-order valence-corrected chi connectivity index (χ0v) is 10.4. The molecule has 2 aromatic carbocycles. The Kier molecular flexibility index (Phi) is 4.06. The van der Waals surface area contributed by atoms with Crippen molar-refractivity contribution < 1.29 is 22.5 Å². The molecule has 0 bridgehead atoms. The first-order valence-electron chi connectivity index (χ1n) is 5.69. The van der Waals surface area contributed by atoms with Crippen molar-refractivity contribution >= 4 is 11.4 Å². The molecule has 4 nitrogen and oxygen atoms in total. The van der Waals surface area contributed by atoms with Gasteiger partial charge in [0, 0.05) is 18.3 Å². The lowest BCUT2D eigenvalue weighted by molar-refractivity contribution is -0.385. The molecule has 2 aromatic rings. The molecule has 0 aliphatic heterocycles. The normalized spacial score (nSPS) is 10.5. The number of halogens is 4. The van der Waals surface area contributed by atoms with E-state index in [1.807, 2.05) is 0 Å². The lowest BCUT2D eigenvalue weighted by Crippen LogP contribution is -2.03. The summed E-state index contributed by atoms with van der Waals surface area (Å²) in [5.41, 5.74) is -0.334. The molecular weight excluding hydrogens is 292 g/mol. The summed E-state index contributed by atoms with van der Waals surface area (Å²) in [6.07, 6.45) is 0. The molecule has 0 unspecified atom stereocenters. The van der Waals surface area contributed by atoms with Gasteiger partial charge in [0.25, 0.3) is 5.69 Å². The largest absolute Gasteiger partial charge is 0.381 e. The third-order valence-corrected chi connectivity index (χ3v) is 2.63. The van der Waals surface area contributed by atoms with Gasteiger partial charge in [-0.05, 0) is 23.8 Å². The minimum absolute atomic E-state index is 0.0619. The van der Waals surface area contributed by atoms with Gasteiger partial charge in [-0.2, -0.15) is 0 Å². The number of hydrogen-bond donors (Lipinski definition) is 1. The van der Waals surface area contributed by atoms with E-state index in [1.54, 1.807) is 0 Å². The van der Waals surface area contributed by atoms with Gasteiger partial charge in [-0.1, -0.05) is 0 Å². The first-order valence-corrected chi connectivity index (χ1v) is 5.69. The van der Waals surface area contributed by atoms with Gasteiger partial charge in [-0.3, -0.25) is 10.1 Å². The standard InChI is InChI=1S/C13H8F4N2O2/c14-8-3-9(5-10(4-8)19(20)21)18-6-7-1-11(15)13(17)12(16)2-7/h1-5,18H,6H2. The molecule has 2 rings (SSSR count). The van der Waals surface area contributed by atoms with E-state index >= 15 is 0 Å². The number of benzene rings is 2. The molecule has 0 spiro atoms. The van der Waals surface area contributed by atoms with Crippen LogP contribution < -0.4 is 5.32 Å². The number of non-ortho nitro benzene ring substituents is 1. The van der Waals surface area contributed by atoms with Gasteiger partial charge in [0.1, 0.15) is 5.82 Å². The molecule has 110 valence electrons. The number of anilines is 1. The van der Waals surface area contributed by atoms with Crippen molar-refractivity contribution in [3.8, 4) is 0 Å². The van der Waals surface area contributed by atoms with Crippen LogP contribution in [-0.2, 0) is 6.54 Å². The maximum absolute atomic E-state index is 13.2. The third-order valence-electron chi connectivity index (χ3n) is 2.63. The number of nitro benzene ring substituents is 1. The minimum Gasteiger partial charge on any atom is -0.381 e. The van der Waals surface area contributed by atoms with E-state index in [2.05, 4.69) is 5.32 Å². The summed E-state index contributed by atoms with van der Waals surface area (Å²) in [7, 11) is 0. The molecule has 0 radical (unpaired) electrons. The van der Waals surface area contributed by atoms with Crippen LogP contribution in [0.1, 0.15) is 5.56 Å². The predicted octanol–water partition coefficient (Wildman–Crippen LogP) is 3.76. The van der Waals surface area contributed by atoms with Crippen LogP contribution in [0.5, 0.6) is 0 Å². The van der Waals surface area contributed by atoms with E-state index in [9.17, 15) is 27.7 Å². The van der Waals surface area contributed by atoms with Gasteiger partial charge >= 0.3 is 0 Å². The zero-order chi connectivity index (χ0) is 15.6. The number of hydrogen-bond acceptors (Lipinski definition) is 3. The fourth-order valence-electron chi connectivity index (χ4n) is 1.70. The quantitative estimate of drug-likeness (QED) is 0.405. The molecule has 8 heteroatoms. The average molecular weight is 300 g/mol. The Hall–Kier alpha value is -2.64. The summed E-state index contributed by atoms with van der Waals surface area (Å²) in [6, 6.07) is 4.35. The number of nitro groups is 1. The lowest BCUT2D eigenvalue weighted by atomic mass is 10.2. The summed E-state index contributed by atoms with van der Waals surface area (Å²) in [5.74, 6) is -5.11. The molecule has 0 heterocycles. The van der Waals surface area contributed by atoms with Gasteiger partial charge in [-0.15, -0.1) is 0 Å². The summed E-state index contributed by atoms with van der Waals surface area (Å²) < 4.78 is 52.0. The van der Waals surface area contributed by atoms with Crippen molar-refractivity contribution in [1.29, 1.82) is 0 Å². The summed E-state index contributed by atoms with van der Waals surface area (Å²) >= 11 is 0. The molecule has 0 aliphatic rings. The molecule has 0 saturated carbocycles. The van der Waals surface area contributed by atoms with Gasteiger partial charge < -0.3 is 5.32 Å². The highest BCUT2D eigenvalue weighted by molar-refractivity contribution is 5.51. The topological polar surface area (TPSA) is 55.2 Å². The third kappa shape index (κ3) is 3.47. The Morgan fingerprint density at radius 3 is 2.19 bits per heavy atom. The molecule has 0 atom stereocenters. The van der Waals surface area contributed by atoms with Crippen LogP contribution in [0.4, 0.5) is 28.9 Å². The molecule has 21 heavy (non-hydrogen) atoms. The van der Waals surface area contributed by atoms with Gasteiger partial charge in [0.2, 0.25) is 0 Å². The van der Waals surface area contributed by atoms with Crippen LogP contribution in [0.3, 0.4) is 0 Å². The fourth-order valence-corrected chi connectivity index (χ4v) is 1.70. The molecule has 0 aliphatic carbocycles. The number of nitrogens with zero attached hydrogens (tertiary/aromatic N) is 1. The smallest absolute Gasteiger partial charge is 0.274 e. The molecular formula is C13H8F4N2O2. The van der Waals surface area contributed by atoms with Crippen molar-refractivity contribution in [2.45, 2.75) is 6.54 Å². The highest BCUT2D eigenvalue weighted by Gasteiger charge is 2.12. The van der Waals surface area contributed by atoms with Crippen LogP contribution >= 0.6 is 0 Å². The zero-order valence-electron chi connectivity index (χ0n) is 10.4. The van der Waals surface area contributed by atoms with E-state index in [0.717, 1.165) is 30.3 Å². The second-order valence-electron chi connectivity index (χ2n) is 4.18. The van der Waals surface area contributed by atoms with Gasteiger partial charge in [-0.25, -0.2) is 17.6 Å². The SMILES string of the molecule is O=[N+]([O-])c1cc(F)cc(NCc2cc(F)c(F)c(F)c2)c1. The van der Waals surface area contributed by atoms with Gasteiger partial charge in [0.05, 0.1) is 11.0 Å².